The maximum Gasteiger partial charge on any atom is 0.229 e. The van der Waals surface area contributed by atoms with Gasteiger partial charge in [-0.1, -0.05) is 58.0 Å². The van der Waals surface area contributed by atoms with Gasteiger partial charge in [0, 0.05) is 42.0 Å². The molecule has 1 fully saturated rings. The molecule has 194 valence electrons. The minimum atomic E-state index is 0.324. The largest absolute Gasteiger partial charge is 0.351 e. The fraction of sp³-hybridized carbons (Fsp3) is 0.448. The van der Waals surface area contributed by atoms with Crippen molar-refractivity contribution in [1.29, 1.82) is 0 Å². The summed E-state index contributed by atoms with van der Waals surface area (Å²) in [5.74, 6) is 1.69. The quantitative estimate of drug-likeness (QED) is 0.275. The molecule has 37 heavy (non-hydrogen) atoms. The van der Waals surface area contributed by atoms with Gasteiger partial charge in [0.2, 0.25) is 11.9 Å². The Morgan fingerprint density at radius 1 is 0.919 bits per heavy atom. The Morgan fingerprint density at radius 2 is 1.68 bits per heavy atom. The number of aromatic nitrogens is 5. The number of hydrogen-bond donors (Lipinski definition) is 3. The topological polar surface area (TPSA) is 92.1 Å². The van der Waals surface area contributed by atoms with E-state index >= 15 is 0 Å². The highest BCUT2D eigenvalue weighted by molar-refractivity contribution is 5.59. The summed E-state index contributed by atoms with van der Waals surface area (Å²) in [5.41, 5.74) is 5.22. The van der Waals surface area contributed by atoms with E-state index in [0.29, 0.717) is 42.5 Å². The highest BCUT2D eigenvalue weighted by Crippen LogP contribution is 2.25. The van der Waals surface area contributed by atoms with Crippen LogP contribution in [0, 0.1) is 0 Å². The Kier molecular flexibility index (Phi) is 7.65. The molecule has 0 atom stereocenters. The summed E-state index contributed by atoms with van der Waals surface area (Å²) in [7, 11) is 0. The fourth-order valence-electron chi connectivity index (χ4n) is 5.05. The SMILES string of the molecule is CC(C)NC1CCC(Nc2nc(NCc3ccc(-c4ccccn4)cc3)n3ncc(C(C)C)c3n2)CC1. The van der Waals surface area contributed by atoms with Crippen LogP contribution in [0.15, 0.2) is 54.9 Å². The molecule has 0 saturated heterocycles. The van der Waals surface area contributed by atoms with Crippen LogP contribution < -0.4 is 16.0 Å². The van der Waals surface area contributed by atoms with Crippen molar-refractivity contribution in [2.75, 3.05) is 10.6 Å². The Labute approximate surface area is 219 Å². The van der Waals surface area contributed by atoms with Gasteiger partial charge in [-0.25, -0.2) is 0 Å². The Morgan fingerprint density at radius 3 is 2.35 bits per heavy atom. The minimum Gasteiger partial charge on any atom is -0.351 e. The first-order chi connectivity index (χ1) is 18.0. The third-order valence-electron chi connectivity index (χ3n) is 7.01. The van der Waals surface area contributed by atoms with Gasteiger partial charge in [-0.15, -0.1) is 0 Å². The third kappa shape index (κ3) is 6.07. The molecule has 8 heteroatoms. The molecule has 1 aliphatic carbocycles. The molecule has 1 aromatic carbocycles. The molecular formula is C29H38N8. The van der Waals surface area contributed by atoms with Crippen LogP contribution in [0.1, 0.15) is 70.4 Å². The summed E-state index contributed by atoms with van der Waals surface area (Å²) >= 11 is 0. The van der Waals surface area contributed by atoms with Crippen molar-refractivity contribution in [3.63, 3.8) is 0 Å². The van der Waals surface area contributed by atoms with Gasteiger partial charge in [0.1, 0.15) is 0 Å². The highest BCUT2D eigenvalue weighted by Gasteiger charge is 2.23. The number of benzene rings is 1. The van der Waals surface area contributed by atoms with Crippen LogP contribution in [0.5, 0.6) is 0 Å². The monoisotopic (exact) mass is 498 g/mol. The first kappa shape index (κ1) is 25.1. The van der Waals surface area contributed by atoms with Gasteiger partial charge in [0.25, 0.3) is 0 Å². The zero-order valence-corrected chi connectivity index (χ0v) is 22.3. The van der Waals surface area contributed by atoms with Gasteiger partial charge in [-0.2, -0.15) is 19.6 Å². The molecule has 0 aliphatic heterocycles. The molecule has 0 radical (unpaired) electrons. The average molecular weight is 499 g/mol. The molecule has 1 saturated carbocycles. The molecule has 3 N–H and O–H groups in total. The minimum absolute atomic E-state index is 0.324. The number of anilines is 2. The third-order valence-corrected chi connectivity index (χ3v) is 7.01. The number of rotatable bonds is 9. The normalized spacial score (nSPS) is 18.0. The van der Waals surface area contributed by atoms with E-state index in [2.05, 4.69) is 78.0 Å². The summed E-state index contributed by atoms with van der Waals surface area (Å²) in [6.07, 6.45) is 8.29. The van der Waals surface area contributed by atoms with Gasteiger partial charge < -0.3 is 16.0 Å². The average Bonchev–Trinajstić information content (AvgIpc) is 3.33. The van der Waals surface area contributed by atoms with Crippen molar-refractivity contribution in [3.05, 3.63) is 66.0 Å². The molecule has 0 amide bonds. The number of nitrogens with one attached hydrogen (secondary N) is 3. The molecule has 4 aromatic rings. The van der Waals surface area contributed by atoms with Crippen molar-refractivity contribution in [2.45, 2.75) is 84.0 Å². The Hall–Kier alpha value is -3.52. The van der Waals surface area contributed by atoms with Crippen molar-refractivity contribution in [3.8, 4) is 11.3 Å². The van der Waals surface area contributed by atoms with E-state index in [4.69, 9.17) is 9.97 Å². The lowest BCUT2D eigenvalue weighted by Gasteiger charge is -2.31. The van der Waals surface area contributed by atoms with Crippen molar-refractivity contribution >= 4 is 17.5 Å². The highest BCUT2D eigenvalue weighted by atomic mass is 15.4. The summed E-state index contributed by atoms with van der Waals surface area (Å²) in [5, 5.41) is 15.4. The molecule has 3 aromatic heterocycles. The number of nitrogens with zero attached hydrogens (tertiary/aromatic N) is 5. The van der Waals surface area contributed by atoms with Crippen LogP contribution >= 0.6 is 0 Å². The van der Waals surface area contributed by atoms with Crippen LogP contribution in [0.25, 0.3) is 16.9 Å². The lowest BCUT2D eigenvalue weighted by atomic mass is 9.91. The molecule has 8 nitrogen and oxygen atoms in total. The van der Waals surface area contributed by atoms with Gasteiger partial charge in [0.05, 0.1) is 11.9 Å². The van der Waals surface area contributed by atoms with Gasteiger partial charge in [-0.3, -0.25) is 4.98 Å². The van der Waals surface area contributed by atoms with E-state index in [-0.39, 0.29) is 0 Å². The number of hydrogen-bond acceptors (Lipinski definition) is 7. The smallest absolute Gasteiger partial charge is 0.229 e. The van der Waals surface area contributed by atoms with E-state index in [9.17, 15) is 0 Å². The van der Waals surface area contributed by atoms with Crippen LogP contribution in [0.4, 0.5) is 11.9 Å². The summed E-state index contributed by atoms with van der Waals surface area (Å²) in [6, 6.07) is 15.9. The Bertz CT molecular complexity index is 1290. The molecule has 5 rings (SSSR count). The predicted octanol–water partition coefficient (Wildman–Crippen LogP) is 5.64. The maximum atomic E-state index is 4.89. The van der Waals surface area contributed by atoms with Crippen molar-refractivity contribution < 1.29 is 0 Å². The second kappa shape index (κ2) is 11.3. The van der Waals surface area contributed by atoms with Crippen molar-refractivity contribution in [2.24, 2.45) is 0 Å². The van der Waals surface area contributed by atoms with E-state index in [1.165, 1.54) is 12.8 Å². The van der Waals surface area contributed by atoms with E-state index in [0.717, 1.165) is 40.9 Å². The number of fused-ring (bicyclic) bond motifs is 1. The molecule has 0 spiro atoms. The van der Waals surface area contributed by atoms with E-state index in [1.54, 1.807) is 0 Å². The summed E-state index contributed by atoms with van der Waals surface area (Å²) < 4.78 is 1.83. The molecular weight excluding hydrogens is 460 g/mol. The van der Waals surface area contributed by atoms with Crippen LogP contribution in [-0.2, 0) is 6.54 Å². The first-order valence-corrected chi connectivity index (χ1v) is 13.5. The van der Waals surface area contributed by atoms with Gasteiger partial charge >= 0.3 is 0 Å². The van der Waals surface area contributed by atoms with Crippen LogP contribution in [0.2, 0.25) is 0 Å². The lowest BCUT2D eigenvalue weighted by Crippen LogP contribution is -2.40. The summed E-state index contributed by atoms with van der Waals surface area (Å²) in [6.45, 7) is 9.41. The van der Waals surface area contributed by atoms with E-state index in [1.807, 2.05) is 35.1 Å². The predicted molar refractivity (Wildman–Crippen MR) is 150 cm³/mol. The zero-order chi connectivity index (χ0) is 25.8. The maximum absolute atomic E-state index is 4.89. The fourth-order valence-corrected chi connectivity index (χ4v) is 5.05. The van der Waals surface area contributed by atoms with Gasteiger partial charge in [-0.05, 0) is 49.3 Å². The molecule has 0 bridgehead atoms. The van der Waals surface area contributed by atoms with E-state index < -0.39 is 0 Å². The summed E-state index contributed by atoms with van der Waals surface area (Å²) in [4.78, 5) is 14.2. The zero-order valence-electron chi connectivity index (χ0n) is 22.3. The second-order valence-electron chi connectivity index (χ2n) is 10.6. The van der Waals surface area contributed by atoms with Gasteiger partial charge in [0.15, 0.2) is 5.65 Å². The Balaban J connectivity index is 1.32. The second-order valence-corrected chi connectivity index (χ2v) is 10.6. The van der Waals surface area contributed by atoms with Crippen molar-refractivity contribution in [1.82, 2.24) is 29.9 Å². The number of pyridine rings is 1. The molecule has 1 aliphatic rings. The standard InChI is InChI=1S/C29H38N8/c1-19(2)25-18-32-37-27(25)35-28(34-24-14-12-23(13-15-24)33-20(3)4)36-29(37)31-17-21-8-10-22(11-9-21)26-7-5-6-16-30-26/h5-11,16,18-20,23-24,33H,12-15,17H2,1-4H3,(H2,31,34,35,36). The lowest BCUT2D eigenvalue weighted by molar-refractivity contribution is 0.335. The van der Waals surface area contributed by atoms with Crippen LogP contribution in [0.3, 0.4) is 0 Å². The first-order valence-electron chi connectivity index (χ1n) is 13.5. The van der Waals surface area contributed by atoms with Crippen LogP contribution in [-0.4, -0.2) is 42.7 Å². The molecule has 0 unspecified atom stereocenters. The molecule has 3 heterocycles.